The van der Waals surface area contributed by atoms with Crippen LogP contribution in [-0.4, -0.2) is 17.2 Å². The maximum absolute atomic E-state index is 13.4. The van der Waals surface area contributed by atoms with Crippen molar-refractivity contribution in [1.82, 2.24) is 5.48 Å². The van der Waals surface area contributed by atoms with E-state index in [0.717, 1.165) is 0 Å². The zero-order chi connectivity index (χ0) is 13.0. The molecule has 3 N–H and O–H groups in total. The number of carbonyl (C=O) groups excluding carboxylic acids is 1. The molecule has 0 unspecified atom stereocenters. The monoisotopic (exact) mass is 240 g/mol. The summed E-state index contributed by atoms with van der Waals surface area (Å²) < 4.78 is 13.4. The zero-order valence-electron chi connectivity index (χ0n) is 10.2. The first kappa shape index (κ1) is 13.4. The number of anilines is 1. The molecule has 4 nitrogen and oxygen atoms in total. The molecule has 94 valence electrons. The van der Waals surface area contributed by atoms with Gasteiger partial charge >= 0.3 is 0 Å². The molecule has 1 rings (SSSR count). The Bertz CT molecular complexity index is 398. The van der Waals surface area contributed by atoms with Crippen LogP contribution < -0.4 is 10.8 Å². The fraction of sp³-hybridized carbons (Fsp3) is 0.417. The van der Waals surface area contributed by atoms with Crippen molar-refractivity contribution in [2.75, 3.05) is 5.32 Å². The molecule has 0 heterocycles. The minimum Gasteiger partial charge on any atom is -0.374 e. The van der Waals surface area contributed by atoms with E-state index in [2.05, 4.69) is 5.32 Å². The van der Waals surface area contributed by atoms with Crippen LogP contribution >= 0.6 is 0 Å². The number of hydrogen-bond donors (Lipinski definition) is 3. The predicted octanol–water partition coefficient (Wildman–Crippen LogP) is 2.14. The van der Waals surface area contributed by atoms with E-state index >= 15 is 0 Å². The van der Waals surface area contributed by atoms with Gasteiger partial charge in [-0.1, -0.05) is 6.92 Å². The molecule has 0 fully saturated rings. The van der Waals surface area contributed by atoms with E-state index in [0.29, 0.717) is 23.2 Å². The van der Waals surface area contributed by atoms with Gasteiger partial charge in [-0.05, 0) is 43.5 Å². The van der Waals surface area contributed by atoms with Crippen LogP contribution in [-0.2, 0) is 4.79 Å². The van der Waals surface area contributed by atoms with Gasteiger partial charge in [0.15, 0.2) is 0 Å². The molecule has 1 aromatic rings. The SMILES string of the molecule is CC[C@@H](Nc1cc(C)c(F)c(C)c1)C(=O)NO. The maximum Gasteiger partial charge on any atom is 0.265 e. The lowest BCUT2D eigenvalue weighted by atomic mass is 10.1. The van der Waals surface area contributed by atoms with Crippen LogP contribution in [0.1, 0.15) is 24.5 Å². The third-order valence-electron chi connectivity index (χ3n) is 2.61. The summed E-state index contributed by atoms with van der Waals surface area (Å²) in [5.41, 5.74) is 3.31. The van der Waals surface area contributed by atoms with Crippen molar-refractivity contribution in [2.24, 2.45) is 0 Å². The van der Waals surface area contributed by atoms with Crippen molar-refractivity contribution in [3.05, 3.63) is 29.1 Å². The fourth-order valence-corrected chi connectivity index (χ4v) is 1.66. The number of hydroxylamine groups is 1. The third-order valence-corrected chi connectivity index (χ3v) is 2.61. The molecule has 0 aliphatic rings. The van der Waals surface area contributed by atoms with Crippen molar-refractivity contribution >= 4 is 11.6 Å². The molecule has 0 saturated carbocycles. The molecule has 0 aromatic heterocycles. The average Bonchev–Trinajstić information content (AvgIpc) is 2.31. The molecular weight excluding hydrogens is 223 g/mol. The quantitative estimate of drug-likeness (QED) is 0.558. The Morgan fingerprint density at radius 3 is 2.35 bits per heavy atom. The number of aryl methyl sites for hydroxylation is 2. The van der Waals surface area contributed by atoms with E-state index in [-0.39, 0.29) is 5.82 Å². The predicted molar refractivity (Wildman–Crippen MR) is 63.5 cm³/mol. The molecule has 0 aliphatic heterocycles. The molecule has 1 atom stereocenters. The van der Waals surface area contributed by atoms with Gasteiger partial charge in [-0.2, -0.15) is 0 Å². The summed E-state index contributed by atoms with van der Waals surface area (Å²) in [7, 11) is 0. The number of nitrogens with one attached hydrogen (secondary N) is 2. The van der Waals surface area contributed by atoms with Crippen molar-refractivity contribution in [1.29, 1.82) is 0 Å². The minimum atomic E-state index is -0.538. The van der Waals surface area contributed by atoms with Gasteiger partial charge in [0.1, 0.15) is 11.9 Å². The number of hydrogen-bond acceptors (Lipinski definition) is 3. The standard InChI is InChI=1S/C12H17FN2O2/c1-4-10(12(16)15-17)14-9-5-7(2)11(13)8(3)6-9/h5-6,10,14,17H,4H2,1-3H3,(H,15,16)/t10-/m1/s1. The molecule has 0 saturated heterocycles. The molecule has 17 heavy (non-hydrogen) atoms. The number of rotatable bonds is 4. The topological polar surface area (TPSA) is 61.4 Å². The molecule has 0 spiro atoms. The highest BCUT2D eigenvalue weighted by molar-refractivity contribution is 5.83. The minimum absolute atomic E-state index is 0.241. The van der Waals surface area contributed by atoms with Gasteiger partial charge < -0.3 is 5.32 Å². The highest BCUT2D eigenvalue weighted by atomic mass is 19.1. The fourth-order valence-electron chi connectivity index (χ4n) is 1.66. The largest absolute Gasteiger partial charge is 0.374 e. The normalized spacial score (nSPS) is 12.1. The number of carbonyl (C=O) groups is 1. The first-order valence-electron chi connectivity index (χ1n) is 5.46. The molecule has 5 heteroatoms. The lowest BCUT2D eigenvalue weighted by molar-refractivity contribution is -0.130. The van der Waals surface area contributed by atoms with Crippen molar-refractivity contribution in [2.45, 2.75) is 33.2 Å². The van der Waals surface area contributed by atoms with Gasteiger partial charge in [0.05, 0.1) is 0 Å². The first-order valence-corrected chi connectivity index (χ1v) is 5.46. The van der Waals surface area contributed by atoms with Gasteiger partial charge in [0, 0.05) is 5.69 Å². The lowest BCUT2D eigenvalue weighted by Crippen LogP contribution is -2.37. The van der Waals surface area contributed by atoms with Gasteiger partial charge in [-0.15, -0.1) is 0 Å². The molecule has 0 aliphatic carbocycles. The van der Waals surface area contributed by atoms with E-state index in [9.17, 15) is 9.18 Å². The Kier molecular flexibility index (Phi) is 4.45. The van der Waals surface area contributed by atoms with E-state index in [1.807, 2.05) is 6.92 Å². The summed E-state index contributed by atoms with van der Waals surface area (Å²) in [5, 5.41) is 11.5. The van der Waals surface area contributed by atoms with E-state index in [1.165, 1.54) is 0 Å². The van der Waals surface area contributed by atoms with Crippen LogP contribution in [0.3, 0.4) is 0 Å². The lowest BCUT2D eigenvalue weighted by Gasteiger charge is -2.17. The van der Waals surface area contributed by atoms with E-state index in [1.54, 1.807) is 31.5 Å². The number of benzene rings is 1. The van der Waals surface area contributed by atoms with Crippen LogP contribution in [0.4, 0.5) is 10.1 Å². The maximum atomic E-state index is 13.4. The Morgan fingerprint density at radius 2 is 1.94 bits per heavy atom. The number of halogens is 1. The van der Waals surface area contributed by atoms with Gasteiger partial charge in [-0.3, -0.25) is 10.0 Å². The third kappa shape index (κ3) is 3.17. The summed E-state index contributed by atoms with van der Waals surface area (Å²) >= 11 is 0. The summed E-state index contributed by atoms with van der Waals surface area (Å²) in [6.45, 7) is 5.15. The second kappa shape index (κ2) is 5.63. The molecule has 0 bridgehead atoms. The second-order valence-electron chi connectivity index (χ2n) is 4.01. The Balaban J connectivity index is 2.91. The molecule has 1 amide bonds. The summed E-state index contributed by atoms with van der Waals surface area (Å²) in [6, 6.07) is 2.73. The van der Waals surface area contributed by atoms with Crippen molar-refractivity contribution in [3.8, 4) is 0 Å². The summed E-state index contributed by atoms with van der Waals surface area (Å²) in [5.74, 6) is -0.748. The van der Waals surface area contributed by atoms with Gasteiger partial charge in [0.25, 0.3) is 5.91 Å². The molecule has 1 aromatic carbocycles. The van der Waals surface area contributed by atoms with Crippen LogP contribution in [0.2, 0.25) is 0 Å². The van der Waals surface area contributed by atoms with Crippen LogP contribution in [0.25, 0.3) is 0 Å². The highest BCUT2D eigenvalue weighted by Crippen LogP contribution is 2.19. The van der Waals surface area contributed by atoms with Gasteiger partial charge in [-0.25, -0.2) is 9.87 Å². The Hall–Kier alpha value is -1.62. The molecular formula is C12H17FN2O2. The van der Waals surface area contributed by atoms with E-state index < -0.39 is 11.9 Å². The van der Waals surface area contributed by atoms with Gasteiger partial charge in [0.2, 0.25) is 0 Å². The Morgan fingerprint density at radius 1 is 1.41 bits per heavy atom. The highest BCUT2D eigenvalue weighted by Gasteiger charge is 2.16. The summed E-state index contributed by atoms with van der Waals surface area (Å²) in [4.78, 5) is 11.3. The first-order chi connectivity index (χ1) is 7.99. The smallest absolute Gasteiger partial charge is 0.265 e. The summed E-state index contributed by atoms with van der Waals surface area (Å²) in [6.07, 6.45) is 0.516. The second-order valence-corrected chi connectivity index (χ2v) is 4.01. The number of amides is 1. The van der Waals surface area contributed by atoms with Crippen LogP contribution in [0.15, 0.2) is 12.1 Å². The molecule has 0 radical (unpaired) electrons. The van der Waals surface area contributed by atoms with Crippen molar-refractivity contribution < 1.29 is 14.4 Å². The zero-order valence-corrected chi connectivity index (χ0v) is 10.2. The van der Waals surface area contributed by atoms with E-state index in [4.69, 9.17) is 5.21 Å². The van der Waals surface area contributed by atoms with Crippen molar-refractivity contribution in [3.63, 3.8) is 0 Å². The average molecular weight is 240 g/mol. The Labute approximate surface area is 99.8 Å². The van der Waals surface area contributed by atoms with Crippen LogP contribution in [0, 0.1) is 19.7 Å². The van der Waals surface area contributed by atoms with Crippen LogP contribution in [0.5, 0.6) is 0 Å².